The fourth-order valence-electron chi connectivity index (χ4n) is 3.91. The Morgan fingerprint density at radius 2 is 1.93 bits per heavy atom. The minimum absolute atomic E-state index is 0.0295. The summed E-state index contributed by atoms with van der Waals surface area (Å²) >= 11 is 0. The van der Waals surface area contributed by atoms with Crippen molar-refractivity contribution in [1.82, 2.24) is 15.3 Å². The van der Waals surface area contributed by atoms with Crippen LogP contribution in [0.15, 0.2) is 42.7 Å². The number of piperidine rings is 1. The summed E-state index contributed by atoms with van der Waals surface area (Å²) in [7, 11) is 0. The monoisotopic (exact) mass is 380 g/mol. The van der Waals surface area contributed by atoms with Gasteiger partial charge in [-0.2, -0.15) is 0 Å². The van der Waals surface area contributed by atoms with Crippen molar-refractivity contribution in [3.05, 3.63) is 53.9 Å². The molecular weight excluding hydrogens is 348 g/mol. The highest BCUT2D eigenvalue weighted by atomic mass is 16.2. The lowest BCUT2D eigenvalue weighted by Gasteiger charge is -2.33. The van der Waals surface area contributed by atoms with Crippen LogP contribution < -0.4 is 10.2 Å². The topological polar surface area (TPSA) is 58.1 Å². The molecule has 2 heterocycles. The number of aryl methyl sites for hydroxylation is 1. The van der Waals surface area contributed by atoms with E-state index in [1.54, 1.807) is 12.4 Å². The highest BCUT2D eigenvalue weighted by Crippen LogP contribution is 2.25. The number of hydrogen-bond donors (Lipinski definition) is 1. The summed E-state index contributed by atoms with van der Waals surface area (Å²) in [5.74, 6) is 1.15. The zero-order chi connectivity index (χ0) is 19.9. The van der Waals surface area contributed by atoms with Crippen LogP contribution >= 0.6 is 0 Å². The third-order valence-electron chi connectivity index (χ3n) is 5.47. The molecule has 0 aliphatic carbocycles. The number of amides is 1. The van der Waals surface area contributed by atoms with Crippen molar-refractivity contribution in [3.8, 4) is 0 Å². The van der Waals surface area contributed by atoms with Gasteiger partial charge in [0.1, 0.15) is 0 Å². The van der Waals surface area contributed by atoms with E-state index in [0.717, 1.165) is 32.2 Å². The molecule has 1 aromatic carbocycles. The molecular formula is C23H32N4O. The van der Waals surface area contributed by atoms with Crippen molar-refractivity contribution in [2.45, 2.75) is 52.5 Å². The van der Waals surface area contributed by atoms with E-state index in [1.807, 2.05) is 6.07 Å². The van der Waals surface area contributed by atoms with Crippen molar-refractivity contribution < 1.29 is 4.79 Å². The van der Waals surface area contributed by atoms with Crippen molar-refractivity contribution in [3.63, 3.8) is 0 Å². The van der Waals surface area contributed by atoms with Crippen molar-refractivity contribution in [2.75, 3.05) is 18.0 Å². The molecule has 1 saturated heterocycles. The molecule has 28 heavy (non-hydrogen) atoms. The van der Waals surface area contributed by atoms with Gasteiger partial charge in [0, 0.05) is 25.5 Å². The number of aromatic nitrogens is 2. The number of anilines is 1. The summed E-state index contributed by atoms with van der Waals surface area (Å²) in [5, 5.41) is 3.32. The Labute approximate surface area is 168 Å². The van der Waals surface area contributed by atoms with E-state index in [2.05, 4.69) is 65.2 Å². The van der Waals surface area contributed by atoms with Gasteiger partial charge in [0.05, 0.1) is 12.0 Å². The van der Waals surface area contributed by atoms with Crippen LogP contribution in [0.2, 0.25) is 0 Å². The molecule has 2 aromatic rings. The third-order valence-corrected chi connectivity index (χ3v) is 5.47. The van der Waals surface area contributed by atoms with E-state index in [-0.39, 0.29) is 17.9 Å². The first-order chi connectivity index (χ1) is 13.6. The van der Waals surface area contributed by atoms with Gasteiger partial charge < -0.3 is 10.2 Å². The number of nitrogens with zero attached hydrogens (tertiary/aromatic N) is 3. The van der Waals surface area contributed by atoms with Crippen molar-refractivity contribution >= 4 is 11.9 Å². The second-order valence-electron chi connectivity index (χ2n) is 8.06. The molecule has 0 bridgehead atoms. The van der Waals surface area contributed by atoms with E-state index in [9.17, 15) is 4.79 Å². The molecule has 3 rings (SSSR count). The molecule has 0 saturated carbocycles. The smallest absolute Gasteiger partial charge is 0.225 e. The van der Waals surface area contributed by atoms with Gasteiger partial charge in [0.15, 0.2) is 0 Å². The van der Waals surface area contributed by atoms with Crippen molar-refractivity contribution in [1.29, 1.82) is 0 Å². The third kappa shape index (κ3) is 5.09. The minimum Gasteiger partial charge on any atom is -0.349 e. The maximum absolute atomic E-state index is 13.1. The number of hydrogen-bond acceptors (Lipinski definition) is 4. The van der Waals surface area contributed by atoms with Crippen LogP contribution in [0.3, 0.4) is 0 Å². The Balaban J connectivity index is 1.66. The quantitative estimate of drug-likeness (QED) is 0.784. The summed E-state index contributed by atoms with van der Waals surface area (Å²) in [6.07, 6.45) is 7.64. The molecule has 1 amide bonds. The predicted molar refractivity (Wildman–Crippen MR) is 113 cm³/mol. The molecule has 1 N–H and O–H groups in total. The van der Waals surface area contributed by atoms with E-state index in [0.29, 0.717) is 18.4 Å². The molecule has 1 fully saturated rings. The summed E-state index contributed by atoms with van der Waals surface area (Å²) in [4.78, 5) is 23.9. The molecule has 1 aliphatic heterocycles. The normalized spacial score (nSPS) is 18.1. The van der Waals surface area contributed by atoms with Gasteiger partial charge in [-0.3, -0.25) is 4.79 Å². The summed E-state index contributed by atoms with van der Waals surface area (Å²) in [6, 6.07) is 10.6. The zero-order valence-corrected chi connectivity index (χ0v) is 17.3. The Morgan fingerprint density at radius 3 is 2.57 bits per heavy atom. The average Bonchev–Trinajstić information content (AvgIpc) is 2.73. The first kappa shape index (κ1) is 20.3. The minimum atomic E-state index is -0.0295. The summed E-state index contributed by atoms with van der Waals surface area (Å²) < 4.78 is 0. The Hall–Kier alpha value is -2.43. The number of carbonyl (C=O) groups excluding carboxylic acids is 1. The molecule has 0 radical (unpaired) electrons. The highest BCUT2D eigenvalue weighted by molar-refractivity contribution is 5.80. The van der Waals surface area contributed by atoms with Gasteiger partial charge in [0.25, 0.3) is 0 Å². The van der Waals surface area contributed by atoms with Crippen LogP contribution in [0.1, 0.15) is 57.2 Å². The van der Waals surface area contributed by atoms with Crippen LogP contribution in [-0.2, 0) is 11.2 Å². The van der Waals surface area contributed by atoms with Crippen LogP contribution in [0, 0.1) is 11.8 Å². The van der Waals surface area contributed by atoms with Crippen LogP contribution in [0.25, 0.3) is 0 Å². The largest absolute Gasteiger partial charge is 0.349 e. The van der Waals surface area contributed by atoms with E-state index >= 15 is 0 Å². The SMILES string of the molecule is CCCc1ccc([C@@H](NC(=O)[C@H]2CCCN(c3ncccn3)C2)C(C)C)cc1. The van der Waals surface area contributed by atoms with Gasteiger partial charge >= 0.3 is 0 Å². The van der Waals surface area contributed by atoms with Gasteiger partial charge in [-0.25, -0.2) is 9.97 Å². The summed E-state index contributed by atoms with van der Waals surface area (Å²) in [6.45, 7) is 8.10. The highest BCUT2D eigenvalue weighted by Gasteiger charge is 2.29. The standard InChI is InChI=1S/C23H32N4O/c1-4-7-18-9-11-19(12-10-18)21(17(2)3)26-22(28)20-8-5-15-27(16-20)23-24-13-6-14-25-23/h6,9-14,17,20-21H,4-5,7-8,15-16H2,1-3H3,(H,26,28)/t20-,21-/m0/s1. The maximum atomic E-state index is 13.1. The molecule has 5 heteroatoms. The van der Waals surface area contributed by atoms with Crippen LogP contribution in [0.5, 0.6) is 0 Å². The van der Waals surface area contributed by atoms with E-state index in [1.165, 1.54) is 11.1 Å². The summed E-state index contributed by atoms with van der Waals surface area (Å²) in [5.41, 5.74) is 2.54. The van der Waals surface area contributed by atoms with Gasteiger partial charge in [0.2, 0.25) is 11.9 Å². The Bertz CT molecular complexity index is 745. The van der Waals surface area contributed by atoms with Crippen LogP contribution in [-0.4, -0.2) is 29.0 Å². The van der Waals surface area contributed by atoms with Crippen LogP contribution in [0.4, 0.5) is 5.95 Å². The molecule has 0 spiro atoms. The molecule has 1 aromatic heterocycles. The van der Waals surface area contributed by atoms with E-state index in [4.69, 9.17) is 0 Å². The lowest BCUT2D eigenvalue weighted by Crippen LogP contribution is -2.45. The lowest BCUT2D eigenvalue weighted by molar-refractivity contribution is -0.126. The first-order valence-corrected chi connectivity index (χ1v) is 10.5. The number of carbonyl (C=O) groups is 1. The molecule has 150 valence electrons. The predicted octanol–water partition coefficient (Wildman–Crippen LogP) is 4.16. The van der Waals surface area contributed by atoms with Crippen molar-refractivity contribution in [2.24, 2.45) is 11.8 Å². The zero-order valence-electron chi connectivity index (χ0n) is 17.3. The number of benzene rings is 1. The lowest BCUT2D eigenvalue weighted by atomic mass is 9.92. The Kier molecular flexibility index (Phi) is 7.01. The molecule has 0 unspecified atom stereocenters. The first-order valence-electron chi connectivity index (χ1n) is 10.5. The average molecular weight is 381 g/mol. The second kappa shape index (κ2) is 9.67. The Morgan fingerprint density at radius 1 is 1.21 bits per heavy atom. The number of nitrogens with one attached hydrogen (secondary N) is 1. The molecule has 2 atom stereocenters. The van der Waals surface area contributed by atoms with E-state index < -0.39 is 0 Å². The molecule has 1 aliphatic rings. The second-order valence-corrected chi connectivity index (χ2v) is 8.06. The fraction of sp³-hybridized carbons (Fsp3) is 0.522. The van der Waals surface area contributed by atoms with Gasteiger partial charge in [-0.05, 0) is 42.4 Å². The van der Waals surface area contributed by atoms with Gasteiger partial charge in [-0.15, -0.1) is 0 Å². The fourth-order valence-corrected chi connectivity index (χ4v) is 3.91. The number of rotatable bonds is 7. The molecule has 5 nitrogen and oxygen atoms in total. The van der Waals surface area contributed by atoms with Gasteiger partial charge in [-0.1, -0.05) is 51.5 Å². The maximum Gasteiger partial charge on any atom is 0.225 e.